The Bertz CT molecular complexity index is 1000. The summed E-state index contributed by atoms with van der Waals surface area (Å²) < 4.78 is 55.8. The summed E-state index contributed by atoms with van der Waals surface area (Å²) in [7, 11) is 0. The maximum Gasteiger partial charge on any atom is 0.162 e. The Hall–Kier alpha value is -1.85. The van der Waals surface area contributed by atoms with E-state index in [2.05, 4.69) is 6.92 Å². The van der Waals surface area contributed by atoms with Crippen LogP contribution in [0.2, 0.25) is 0 Å². The highest BCUT2D eigenvalue weighted by Crippen LogP contribution is 2.41. The molecule has 2 nitrogen and oxygen atoms in total. The van der Waals surface area contributed by atoms with Gasteiger partial charge in [0, 0.05) is 5.56 Å². The Morgan fingerprint density at radius 2 is 1.43 bits per heavy atom. The summed E-state index contributed by atoms with van der Waals surface area (Å²) in [5.41, 5.74) is 2.49. The van der Waals surface area contributed by atoms with Crippen LogP contribution >= 0.6 is 0 Å². The molecule has 2 aromatic rings. The van der Waals surface area contributed by atoms with E-state index < -0.39 is 11.6 Å². The molecule has 190 valence electrons. The van der Waals surface area contributed by atoms with E-state index in [1.165, 1.54) is 18.9 Å². The van der Waals surface area contributed by atoms with E-state index in [9.17, 15) is 4.39 Å². The first-order chi connectivity index (χ1) is 17.0. The Balaban J connectivity index is 1.14. The molecule has 0 amide bonds. The lowest BCUT2D eigenvalue weighted by Crippen LogP contribution is -2.22. The van der Waals surface area contributed by atoms with Gasteiger partial charge in [0.05, 0.1) is 19.3 Å². The van der Waals surface area contributed by atoms with Crippen molar-refractivity contribution in [2.24, 2.45) is 5.92 Å². The van der Waals surface area contributed by atoms with Crippen LogP contribution in [0.1, 0.15) is 111 Å². The summed E-state index contributed by atoms with van der Waals surface area (Å²) in [5.74, 6) is -0.646. The van der Waals surface area contributed by atoms with Gasteiger partial charge in [0.1, 0.15) is 11.9 Å². The highest BCUT2D eigenvalue weighted by atomic mass is 19.2. The number of halogens is 3. The predicted molar refractivity (Wildman–Crippen MR) is 131 cm³/mol. The lowest BCUT2D eigenvalue weighted by Gasteiger charge is -2.31. The summed E-state index contributed by atoms with van der Waals surface area (Å²) in [6.07, 6.45) is 9.69. The Morgan fingerprint density at radius 3 is 1.97 bits per heavy atom. The molecule has 3 aliphatic rings. The fourth-order valence-electron chi connectivity index (χ4n) is 6.25. The van der Waals surface area contributed by atoms with Crippen LogP contribution in [0.15, 0.2) is 30.3 Å². The Kier molecular flexibility index (Phi) is 7.83. The third kappa shape index (κ3) is 5.77. The summed E-state index contributed by atoms with van der Waals surface area (Å²) in [6.45, 7) is 3.10. The molecule has 1 unspecified atom stereocenters. The van der Waals surface area contributed by atoms with Crippen LogP contribution < -0.4 is 0 Å². The molecule has 1 atom stereocenters. The van der Waals surface area contributed by atoms with Crippen molar-refractivity contribution in [3.8, 4) is 0 Å². The number of hydrogen-bond acceptors (Lipinski definition) is 2. The summed E-state index contributed by atoms with van der Waals surface area (Å²) in [6, 6.07) is 8.88. The molecular weight excluding hydrogens is 449 g/mol. The van der Waals surface area contributed by atoms with Gasteiger partial charge in [-0.05, 0) is 91.9 Å². The van der Waals surface area contributed by atoms with Crippen molar-refractivity contribution >= 4 is 0 Å². The second-order valence-corrected chi connectivity index (χ2v) is 10.8. The third-order valence-corrected chi connectivity index (χ3v) is 8.50. The molecular formula is C30H37F3O2. The van der Waals surface area contributed by atoms with Crippen molar-refractivity contribution in [3.05, 3.63) is 70.0 Å². The fraction of sp³-hybridized carbons (Fsp3) is 0.600. The van der Waals surface area contributed by atoms with Gasteiger partial charge < -0.3 is 9.47 Å². The smallest absolute Gasteiger partial charge is 0.162 e. The van der Waals surface area contributed by atoms with Gasteiger partial charge in [0.15, 0.2) is 11.6 Å². The molecule has 35 heavy (non-hydrogen) atoms. The van der Waals surface area contributed by atoms with Crippen LogP contribution in [0.3, 0.4) is 0 Å². The maximum absolute atomic E-state index is 15.1. The molecule has 1 aliphatic heterocycles. The van der Waals surface area contributed by atoms with Crippen molar-refractivity contribution < 1.29 is 22.6 Å². The van der Waals surface area contributed by atoms with Crippen LogP contribution in [0.5, 0.6) is 0 Å². The highest BCUT2D eigenvalue weighted by molar-refractivity contribution is 5.32. The van der Waals surface area contributed by atoms with Crippen LogP contribution in [0, 0.1) is 23.4 Å². The second kappa shape index (κ2) is 11.0. The lowest BCUT2D eigenvalue weighted by molar-refractivity contribution is 0.0118. The van der Waals surface area contributed by atoms with E-state index in [1.54, 1.807) is 6.07 Å². The number of rotatable bonds is 8. The lowest BCUT2D eigenvalue weighted by atomic mass is 9.76. The zero-order chi connectivity index (χ0) is 24.4. The SMILES string of the molecule is CCCC1CCC(c2ccc(C3CCC(OCc4ccc(C5CO5)cc4F)CC3)c(F)c2F)CC1. The van der Waals surface area contributed by atoms with Gasteiger partial charge in [-0.25, -0.2) is 13.2 Å². The van der Waals surface area contributed by atoms with Crippen LogP contribution in [0.4, 0.5) is 13.2 Å². The van der Waals surface area contributed by atoms with E-state index in [1.807, 2.05) is 18.2 Å². The molecule has 0 aromatic heterocycles. The summed E-state index contributed by atoms with van der Waals surface area (Å²) in [4.78, 5) is 0. The summed E-state index contributed by atoms with van der Waals surface area (Å²) in [5, 5.41) is 0. The first-order valence-electron chi connectivity index (χ1n) is 13.5. The van der Waals surface area contributed by atoms with Crippen molar-refractivity contribution in [1.82, 2.24) is 0 Å². The maximum atomic E-state index is 15.1. The topological polar surface area (TPSA) is 21.8 Å². The molecule has 5 rings (SSSR count). The molecule has 1 heterocycles. The quantitative estimate of drug-likeness (QED) is 0.349. The average molecular weight is 487 g/mol. The number of epoxide rings is 1. The predicted octanol–water partition coefficient (Wildman–Crippen LogP) is 8.49. The van der Waals surface area contributed by atoms with E-state index >= 15 is 8.78 Å². The molecule has 2 aliphatic carbocycles. The van der Waals surface area contributed by atoms with Gasteiger partial charge >= 0.3 is 0 Å². The van der Waals surface area contributed by atoms with Gasteiger partial charge in [-0.3, -0.25) is 0 Å². The van der Waals surface area contributed by atoms with E-state index in [0.29, 0.717) is 23.3 Å². The molecule has 0 N–H and O–H groups in total. The zero-order valence-corrected chi connectivity index (χ0v) is 20.7. The highest BCUT2D eigenvalue weighted by Gasteiger charge is 2.30. The second-order valence-electron chi connectivity index (χ2n) is 10.8. The fourth-order valence-corrected chi connectivity index (χ4v) is 6.25. The minimum absolute atomic E-state index is 0.00764. The number of ether oxygens (including phenoxy) is 2. The van der Waals surface area contributed by atoms with Gasteiger partial charge in [-0.1, -0.05) is 44.0 Å². The molecule has 3 fully saturated rings. The zero-order valence-electron chi connectivity index (χ0n) is 20.7. The molecule has 0 spiro atoms. The summed E-state index contributed by atoms with van der Waals surface area (Å²) >= 11 is 0. The number of hydrogen-bond donors (Lipinski definition) is 0. The standard InChI is InChI=1S/C30H37F3O2/c1-2-3-19-4-6-20(7-5-19)25-14-15-26(30(33)29(25)32)21-10-12-24(13-11-21)34-17-23-9-8-22(16-27(23)31)28-18-35-28/h8-9,14-16,19-21,24,28H,2-7,10-13,17-18H2,1H3. The molecule has 0 radical (unpaired) electrons. The van der Waals surface area contributed by atoms with Crippen molar-refractivity contribution in [2.75, 3.05) is 6.61 Å². The average Bonchev–Trinajstić information content (AvgIpc) is 3.72. The largest absolute Gasteiger partial charge is 0.373 e. The van der Waals surface area contributed by atoms with Crippen molar-refractivity contribution in [3.63, 3.8) is 0 Å². The van der Waals surface area contributed by atoms with Gasteiger partial charge in [-0.2, -0.15) is 0 Å². The van der Waals surface area contributed by atoms with Gasteiger partial charge in [-0.15, -0.1) is 0 Å². The minimum atomic E-state index is -0.649. The molecule has 0 bridgehead atoms. The molecule has 2 aromatic carbocycles. The van der Waals surface area contributed by atoms with Gasteiger partial charge in [0.25, 0.3) is 0 Å². The Morgan fingerprint density at radius 1 is 0.829 bits per heavy atom. The van der Waals surface area contributed by atoms with E-state index in [0.717, 1.165) is 62.8 Å². The normalized spacial score (nSPS) is 28.7. The number of benzene rings is 2. The molecule has 1 saturated heterocycles. The van der Waals surface area contributed by atoms with Crippen LogP contribution in [-0.2, 0) is 16.1 Å². The van der Waals surface area contributed by atoms with Crippen molar-refractivity contribution in [1.29, 1.82) is 0 Å². The minimum Gasteiger partial charge on any atom is -0.373 e. The first kappa shape index (κ1) is 24.8. The van der Waals surface area contributed by atoms with Crippen LogP contribution in [-0.4, -0.2) is 12.7 Å². The third-order valence-electron chi connectivity index (χ3n) is 8.50. The van der Waals surface area contributed by atoms with Crippen molar-refractivity contribution in [2.45, 2.75) is 102 Å². The first-order valence-corrected chi connectivity index (χ1v) is 13.5. The van der Waals surface area contributed by atoms with E-state index in [4.69, 9.17) is 9.47 Å². The van der Waals surface area contributed by atoms with E-state index in [-0.39, 0.29) is 36.5 Å². The van der Waals surface area contributed by atoms with Gasteiger partial charge in [0.2, 0.25) is 0 Å². The molecule has 5 heteroatoms. The van der Waals surface area contributed by atoms with Crippen LogP contribution in [0.25, 0.3) is 0 Å². The molecule has 2 saturated carbocycles. The monoisotopic (exact) mass is 486 g/mol. The Labute approximate surface area is 207 Å².